The highest BCUT2D eigenvalue weighted by molar-refractivity contribution is 6.02. The smallest absolute Gasteiger partial charge is 0.252 e. The van der Waals surface area contributed by atoms with E-state index in [2.05, 4.69) is 38.2 Å². The number of ether oxygens (including phenoxy) is 1. The van der Waals surface area contributed by atoms with Crippen LogP contribution in [0.5, 0.6) is 5.75 Å². The Balaban J connectivity index is 1.32. The molecule has 1 atom stereocenters. The number of nitriles is 1. The molecule has 1 aromatic heterocycles. The van der Waals surface area contributed by atoms with E-state index < -0.39 is 11.9 Å². The van der Waals surface area contributed by atoms with Crippen LogP contribution in [0.2, 0.25) is 0 Å². The highest BCUT2D eigenvalue weighted by atomic mass is 16.5. The van der Waals surface area contributed by atoms with Crippen LogP contribution in [0.15, 0.2) is 66.7 Å². The van der Waals surface area contributed by atoms with Gasteiger partial charge in [0, 0.05) is 57.6 Å². The van der Waals surface area contributed by atoms with Gasteiger partial charge in [0.15, 0.2) is 0 Å². The van der Waals surface area contributed by atoms with Crippen LogP contribution in [0.25, 0.3) is 10.9 Å². The Hall–Kier alpha value is -5.21. The Kier molecular flexibility index (Phi) is 9.21. The Morgan fingerprint density at radius 3 is 2.52 bits per heavy atom. The van der Waals surface area contributed by atoms with Crippen LogP contribution in [0, 0.1) is 11.3 Å². The first-order valence-electron chi connectivity index (χ1n) is 14.4. The van der Waals surface area contributed by atoms with Gasteiger partial charge in [0.05, 0.1) is 17.1 Å². The maximum atomic E-state index is 13.5. The Morgan fingerprint density at radius 2 is 1.77 bits per heavy atom. The molecule has 1 aliphatic rings. The summed E-state index contributed by atoms with van der Waals surface area (Å²) in [5.41, 5.74) is 9.28. The summed E-state index contributed by atoms with van der Waals surface area (Å²) in [5, 5.41) is 12.9. The molecule has 2 amide bonds. The van der Waals surface area contributed by atoms with Crippen molar-refractivity contribution < 1.29 is 14.3 Å². The number of nitrogens with one attached hydrogen (secondary N) is 1. The second-order valence-electron chi connectivity index (χ2n) is 11.1. The summed E-state index contributed by atoms with van der Waals surface area (Å²) in [6, 6.07) is 21.2. The molecule has 0 spiro atoms. The first-order valence-corrected chi connectivity index (χ1v) is 14.4. The lowest BCUT2D eigenvalue weighted by Gasteiger charge is -2.33. The largest absolute Gasteiger partial charge is 0.489 e. The predicted molar refractivity (Wildman–Crippen MR) is 169 cm³/mol. The molecule has 3 N–H and O–H groups in total. The van der Waals surface area contributed by atoms with Gasteiger partial charge in [-0.15, -0.1) is 0 Å². The van der Waals surface area contributed by atoms with Gasteiger partial charge in [-0.1, -0.05) is 24.3 Å². The number of amides is 2. The molecule has 1 saturated heterocycles. The molecule has 0 bridgehead atoms. The third-order valence-electron chi connectivity index (χ3n) is 7.60. The Labute approximate surface area is 256 Å². The third kappa shape index (κ3) is 7.22. The van der Waals surface area contributed by atoms with Gasteiger partial charge in [-0.05, 0) is 60.6 Å². The number of carbonyl (C=O) groups is 2. The fourth-order valence-electron chi connectivity index (χ4n) is 5.18. The maximum absolute atomic E-state index is 13.5. The van der Waals surface area contributed by atoms with E-state index in [0.717, 1.165) is 48.5 Å². The molecule has 5 rings (SSSR count). The number of carbonyl (C=O) groups excluding carboxylic acids is 2. The van der Waals surface area contributed by atoms with E-state index in [0.29, 0.717) is 29.0 Å². The normalized spacial score (nSPS) is 14.1. The summed E-state index contributed by atoms with van der Waals surface area (Å²) in [6.45, 7) is 3.76. The lowest BCUT2D eigenvalue weighted by molar-refractivity contribution is -0.130. The van der Waals surface area contributed by atoms with Crippen molar-refractivity contribution >= 4 is 34.5 Å². The number of fused-ring (bicyclic) bond motifs is 1. The van der Waals surface area contributed by atoms with Crippen molar-refractivity contribution in [3.63, 3.8) is 0 Å². The van der Waals surface area contributed by atoms with Gasteiger partial charge in [0.2, 0.25) is 11.9 Å². The Morgan fingerprint density at radius 1 is 1.02 bits per heavy atom. The fraction of sp³-hybridized carbons (Fsp3) is 0.303. The number of hydrogen-bond donors (Lipinski definition) is 2. The monoisotopic (exact) mass is 592 g/mol. The minimum atomic E-state index is -0.813. The SMILES string of the molecule is CN1CCN(c2nc(N)nc3cc(C(=O)NC(Cc4cccc(OCc5cccc(C#N)c5)c4)C(=O)N(C)C)ccc23)CC1. The van der Waals surface area contributed by atoms with Crippen LogP contribution in [-0.4, -0.2) is 84.9 Å². The van der Waals surface area contributed by atoms with Gasteiger partial charge in [-0.3, -0.25) is 9.59 Å². The van der Waals surface area contributed by atoms with Gasteiger partial charge in [0.1, 0.15) is 24.2 Å². The van der Waals surface area contributed by atoms with E-state index in [4.69, 9.17) is 15.7 Å². The number of likely N-dealkylation sites (N-methyl/N-ethyl adjacent to an activating group) is 2. The molecule has 1 aliphatic heterocycles. The number of nitrogens with two attached hydrogens (primary N) is 1. The number of nitrogen functional groups attached to an aromatic ring is 1. The van der Waals surface area contributed by atoms with E-state index >= 15 is 0 Å². The maximum Gasteiger partial charge on any atom is 0.252 e. The van der Waals surface area contributed by atoms with E-state index in [1.54, 1.807) is 38.4 Å². The van der Waals surface area contributed by atoms with Gasteiger partial charge in [0.25, 0.3) is 5.91 Å². The van der Waals surface area contributed by atoms with Crippen molar-refractivity contribution in [1.29, 1.82) is 5.26 Å². The topological polar surface area (TPSA) is 141 Å². The molecular weight excluding hydrogens is 556 g/mol. The third-order valence-corrected chi connectivity index (χ3v) is 7.60. The molecule has 0 aliphatic carbocycles. The highest BCUT2D eigenvalue weighted by Crippen LogP contribution is 2.27. The number of nitrogens with zero attached hydrogens (tertiary/aromatic N) is 6. The summed E-state index contributed by atoms with van der Waals surface area (Å²) in [6.07, 6.45) is 0.264. The number of anilines is 2. The number of rotatable bonds is 9. The second kappa shape index (κ2) is 13.4. The molecule has 0 radical (unpaired) electrons. The zero-order valence-corrected chi connectivity index (χ0v) is 25.2. The van der Waals surface area contributed by atoms with Gasteiger partial charge in [-0.25, -0.2) is 4.98 Å². The number of aromatic nitrogens is 2. The van der Waals surface area contributed by atoms with Crippen LogP contribution in [0.1, 0.15) is 27.0 Å². The molecule has 0 saturated carbocycles. The minimum absolute atomic E-state index is 0.143. The molecule has 2 heterocycles. The lowest BCUT2D eigenvalue weighted by Crippen LogP contribution is -2.47. The van der Waals surface area contributed by atoms with Crippen molar-refractivity contribution in [2.24, 2.45) is 0 Å². The van der Waals surface area contributed by atoms with Crippen LogP contribution < -0.4 is 20.7 Å². The molecule has 4 aromatic rings. The first-order chi connectivity index (χ1) is 21.2. The summed E-state index contributed by atoms with van der Waals surface area (Å²) >= 11 is 0. The van der Waals surface area contributed by atoms with E-state index in [9.17, 15) is 9.59 Å². The van der Waals surface area contributed by atoms with Crippen LogP contribution in [0.4, 0.5) is 11.8 Å². The number of piperazine rings is 1. The summed E-state index contributed by atoms with van der Waals surface area (Å²) in [4.78, 5) is 41.5. The highest BCUT2D eigenvalue weighted by Gasteiger charge is 2.25. The number of benzene rings is 3. The molecular formula is C33H36N8O3. The summed E-state index contributed by atoms with van der Waals surface area (Å²) in [7, 11) is 5.41. The van der Waals surface area contributed by atoms with E-state index in [-0.39, 0.29) is 18.3 Å². The lowest BCUT2D eigenvalue weighted by atomic mass is 10.0. The molecule has 3 aromatic carbocycles. The van der Waals surface area contributed by atoms with Crippen molar-refractivity contribution in [1.82, 2.24) is 25.1 Å². The zero-order valence-electron chi connectivity index (χ0n) is 25.2. The molecule has 11 heteroatoms. The summed E-state index contributed by atoms with van der Waals surface area (Å²) in [5.74, 6) is 0.894. The van der Waals surface area contributed by atoms with Gasteiger partial charge >= 0.3 is 0 Å². The van der Waals surface area contributed by atoms with Crippen LogP contribution >= 0.6 is 0 Å². The second-order valence-corrected chi connectivity index (χ2v) is 11.1. The molecule has 1 fully saturated rings. The minimum Gasteiger partial charge on any atom is -0.489 e. The van der Waals surface area contributed by atoms with Crippen LogP contribution in [-0.2, 0) is 17.8 Å². The molecule has 1 unspecified atom stereocenters. The molecule has 11 nitrogen and oxygen atoms in total. The van der Waals surface area contributed by atoms with Gasteiger partial charge in [-0.2, -0.15) is 10.2 Å². The van der Waals surface area contributed by atoms with E-state index in [1.807, 2.05) is 42.5 Å². The quantitative estimate of drug-likeness (QED) is 0.300. The van der Waals surface area contributed by atoms with Crippen molar-refractivity contribution in [2.45, 2.75) is 19.1 Å². The number of hydrogen-bond acceptors (Lipinski definition) is 9. The average Bonchev–Trinajstić information content (AvgIpc) is 3.03. The average molecular weight is 593 g/mol. The predicted octanol–water partition coefficient (Wildman–Crippen LogP) is 2.84. The van der Waals surface area contributed by atoms with Crippen LogP contribution in [0.3, 0.4) is 0 Å². The summed E-state index contributed by atoms with van der Waals surface area (Å²) < 4.78 is 5.96. The first kappa shape index (κ1) is 30.3. The standard InChI is InChI=1S/C33H36N8O3/c1-39(2)32(43)29(18-22-6-5-9-26(17-22)44-21-24-8-4-7-23(16-24)20-34)36-31(42)25-10-11-27-28(19-25)37-33(35)38-30(27)41-14-12-40(3)13-15-41/h4-11,16-17,19,29H,12-15,18,21H2,1-3H3,(H,36,42)(H2,35,37,38). The van der Waals surface area contributed by atoms with Crippen molar-refractivity contribution in [3.05, 3.63) is 89.0 Å². The zero-order chi connectivity index (χ0) is 31.2. The molecule has 44 heavy (non-hydrogen) atoms. The molecule has 226 valence electrons. The van der Waals surface area contributed by atoms with Crippen molar-refractivity contribution in [2.75, 3.05) is 58.0 Å². The van der Waals surface area contributed by atoms with Gasteiger partial charge < -0.3 is 30.5 Å². The fourth-order valence-corrected chi connectivity index (χ4v) is 5.18. The Bertz CT molecular complexity index is 1710. The van der Waals surface area contributed by atoms with E-state index in [1.165, 1.54) is 4.90 Å². The van der Waals surface area contributed by atoms with Crippen molar-refractivity contribution in [3.8, 4) is 11.8 Å².